The minimum Gasteiger partial charge on any atom is -0.475 e. The number of aliphatic carboxylic acids is 1. The molecule has 1 amide bonds. The molecule has 1 aliphatic heterocycles. The molecule has 1 unspecified atom stereocenters. The van der Waals surface area contributed by atoms with Crippen LogP contribution in [0.4, 0.5) is 18.9 Å². The number of carboxylic acid groups (broad SMARTS) is 1. The van der Waals surface area contributed by atoms with Gasteiger partial charge in [-0.2, -0.15) is 18.3 Å². The lowest BCUT2D eigenvalue weighted by Crippen LogP contribution is -2.26. The summed E-state index contributed by atoms with van der Waals surface area (Å²) in [6.07, 6.45) is 2.20. The van der Waals surface area contributed by atoms with E-state index in [4.69, 9.17) is 9.90 Å². The number of hydrogen-bond donors (Lipinski definition) is 3. The average Bonchev–Trinajstić information content (AvgIpc) is 3.33. The molecule has 0 spiro atoms. The molecular formula is C19H23F3N4O3. The summed E-state index contributed by atoms with van der Waals surface area (Å²) in [6, 6.07) is 10.6. The molecule has 0 bridgehead atoms. The summed E-state index contributed by atoms with van der Waals surface area (Å²) < 4.78 is 33.6. The molecule has 158 valence electrons. The van der Waals surface area contributed by atoms with E-state index in [-0.39, 0.29) is 5.91 Å². The molecule has 3 rings (SSSR count). The molecule has 1 aromatic carbocycles. The highest BCUT2D eigenvalue weighted by Crippen LogP contribution is 2.13. The van der Waals surface area contributed by atoms with Gasteiger partial charge in [-0.1, -0.05) is 30.3 Å². The monoisotopic (exact) mass is 412 g/mol. The fourth-order valence-corrected chi connectivity index (χ4v) is 2.79. The van der Waals surface area contributed by atoms with Crippen molar-refractivity contribution in [2.24, 2.45) is 0 Å². The van der Waals surface area contributed by atoms with Crippen LogP contribution in [0.5, 0.6) is 0 Å². The van der Waals surface area contributed by atoms with Crippen LogP contribution in [0.2, 0.25) is 0 Å². The van der Waals surface area contributed by atoms with E-state index in [2.05, 4.69) is 15.7 Å². The Morgan fingerprint density at radius 3 is 2.55 bits per heavy atom. The maximum Gasteiger partial charge on any atom is 0.490 e. The molecule has 1 saturated heterocycles. The van der Waals surface area contributed by atoms with Gasteiger partial charge in [-0.15, -0.1) is 0 Å². The summed E-state index contributed by atoms with van der Waals surface area (Å²) in [4.78, 5) is 20.9. The molecule has 0 aliphatic carbocycles. The van der Waals surface area contributed by atoms with Gasteiger partial charge in [0, 0.05) is 18.7 Å². The normalized spacial score (nSPS) is 16.0. The first-order valence-corrected chi connectivity index (χ1v) is 9.14. The Labute approximate surface area is 165 Å². The zero-order valence-electron chi connectivity index (χ0n) is 15.7. The van der Waals surface area contributed by atoms with E-state index in [1.165, 1.54) is 18.4 Å². The van der Waals surface area contributed by atoms with Crippen LogP contribution in [-0.4, -0.2) is 45.5 Å². The van der Waals surface area contributed by atoms with Crippen molar-refractivity contribution in [2.45, 2.75) is 44.4 Å². The van der Waals surface area contributed by atoms with E-state index in [0.717, 1.165) is 25.2 Å². The van der Waals surface area contributed by atoms with Crippen LogP contribution in [0.25, 0.3) is 0 Å². The number of carboxylic acids is 1. The van der Waals surface area contributed by atoms with E-state index < -0.39 is 12.1 Å². The zero-order valence-corrected chi connectivity index (χ0v) is 15.7. The fraction of sp³-hybridized carbons (Fsp3) is 0.421. The van der Waals surface area contributed by atoms with Crippen molar-refractivity contribution in [2.75, 3.05) is 11.9 Å². The number of aromatic nitrogens is 2. The van der Waals surface area contributed by atoms with Gasteiger partial charge in [0.25, 0.3) is 0 Å². The molecule has 1 aliphatic rings. The van der Waals surface area contributed by atoms with Crippen molar-refractivity contribution >= 4 is 17.6 Å². The van der Waals surface area contributed by atoms with Crippen LogP contribution < -0.4 is 10.6 Å². The SMILES string of the molecule is O=C(CCc1ccccc1)Nc1cnn(CC2CCCN2)c1.O=C(O)C(F)(F)F. The second kappa shape index (κ2) is 10.6. The number of carbonyl (C=O) groups excluding carboxylic acids is 1. The van der Waals surface area contributed by atoms with Gasteiger partial charge in [-0.3, -0.25) is 9.48 Å². The highest BCUT2D eigenvalue weighted by Gasteiger charge is 2.38. The molecule has 1 aromatic heterocycles. The smallest absolute Gasteiger partial charge is 0.475 e. The molecule has 7 nitrogen and oxygen atoms in total. The van der Waals surface area contributed by atoms with Gasteiger partial charge in [0.2, 0.25) is 5.91 Å². The number of hydrogen-bond acceptors (Lipinski definition) is 4. The molecule has 0 radical (unpaired) electrons. The Kier molecular flexibility index (Phi) is 8.20. The first-order chi connectivity index (χ1) is 13.7. The highest BCUT2D eigenvalue weighted by atomic mass is 19.4. The van der Waals surface area contributed by atoms with Crippen LogP contribution in [0, 0.1) is 0 Å². The summed E-state index contributed by atoms with van der Waals surface area (Å²) in [6.45, 7) is 1.95. The van der Waals surface area contributed by atoms with Gasteiger partial charge in [0.05, 0.1) is 18.4 Å². The largest absolute Gasteiger partial charge is 0.490 e. The van der Waals surface area contributed by atoms with E-state index in [1.54, 1.807) is 6.20 Å². The predicted octanol–water partition coefficient (Wildman–Crippen LogP) is 2.84. The van der Waals surface area contributed by atoms with Crippen molar-refractivity contribution in [1.29, 1.82) is 0 Å². The van der Waals surface area contributed by atoms with Crippen LogP contribution in [0.1, 0.15) is 24.8 Å². The van der Waals surface area contributed by atoms with Crippen molar-refractivity contribution in [3.8, 4) is 0 Å². The van der Waals surface area contributed by atoms with E-state index in [0.29, 0.717) is 12.5 Å². The lowest BCUT2D eigenvalue weighted by Gasteiger charge is -2.09. The predicted molar refractivity (Wildman–Crippen MR) is 100 cm³/mol. The van der Waals surface area contributed by atoms with Crippen molar-refractivity contribution < 1.29 is 27.9 Å². The fourth-order valence-electron chi connectivity index (χ4n) is 2.79. The minimum absolute atomic E-state index is 0.0300. The number of amides is 1. The van der Waals surface area contributed by atoms with E-state index in [9.17, 15) is 18.0 Å². The number of nitrogens with zero attached hydrogens (tertiary/aromatic N) is 2. The number of benzene rings is 1. The summed E-state index contributed by atoms with van der Waals surface area (Å²) in [5.74, 6) is -2.73. The van der Waals surface area contributed by atoms with E-state index >= 15 is 0 Å². The summed E-state index contributed by atoms with van der Waals surface area (Å²) in [5, 5.41) is 17.8. The van der Waals surface area contributed by atoms with Crippen LogP contribution in [0.3, 0.4) is 0 Å². The molecule has 1 atom stereocenters. The highest BCUT2D eigenvalue weighted by molar-refractivity contribution is 5.90. The standard InChI is InChI=1S/C17H22N4O.C2HF3O2/c22-17(9-8-14-5-2-1-3-6-14)20-16-11-19-21(13-16)12-15-7-4-10-18-15;3-2(4,5)1(6)7/h1-3,5-6,11,13,15,18H,4,7-10,12H2,(H,20,22);(H,6,7). The number of alkyl halides is 3. The minimum atomic E-state index is -5.08. The van der Waals surface area contributed by atoms with Crippen molar-refractivity contribution in [1.82, 2.24) is 15.1 Å². The third-order valence-electron chi connectivity index (χ3n) is 4.21. The molecule has 10 heteroatoms. The summed E-state index contributed by atoms with van der Waals surface area (Å²) in [7, 11) is 0. The number of nitrogens with one attached hydrogen (secondary N) is 2. The van der Waals surface area contributed by atoms with Gasteiger partial charge in [-0.05, 0) is 31.4 Å². The Morgan fingerprint density at radius 1 is 1.28 bits per heavy atom. The molecule has 1 fully saturated rings. The Bertz CT molecular complexity index is 787. The van der Waals surface area contributed by atoms with Gasteiger partial charge in [0.15, 0.2) is 0 Å². The maximum absolute atomic E-state index is 12.0. The number of carbonyl (C=O) groups is 2. The molecule has 2 aromatic rings. The van der Waals surface area contributed by atoms with Gasteiger partial charge >= 0.3 is 12.1 Å². The number of aryl methyl sites for hydroxylation is 1. The van der Waals surface area contributed by atoms with Crippen LogP contribution in [0.15, 0.2) is 42.7 Å². The first kappa shape index (κ1) is 22.4. The third-order valence-corrected chi connectivity index (χ3v) is 4.21. The van der Waals surface area contributed by atoms with Gasteiger partial charge < -0.3 is 15.7 Å². The van der Waals surface area contributed by atoms with Gasteiger partial charge in [-0.25, -0.2) is 4.79 Å². The quantitative estimate of drug-likeness (QED) is 0.678. The second-order valence-electron chi connectivity index (χ2n) is 6.58. The maximum atomic E-state index is 12.0. The summed E-state index contributed by atoms with van der Waals surface area (Å²) >= 11 is 0. The zero-order chi connectivity index (χ0) is 21.3. The first-order valence-electron chi connectivity index (χ1n) is 9.14. The average molecular weight is 412 g/mol. The number of halogens is 3. The summed E-state index contributed by atoms with van der Waals surface area (Å²) in [5.41, 5.74) is 1.96. The van der Waals surface area contributed by atoms with Crippen molar-refractivity contribution in [3.05, 3.63) is 48.3 Å². The molecule has 29 heavy (non-hydrogen) atoms. The topological polar surface area (TPSA) is 96.3 Å². The van der Waals surface area contributed by atoms with E-state index in [1.807, 2.05) is 41.2 Å². The lowest BCUT2D eigenvalue weighted by molar-refractivity contribution is -0.192. The van der Waals surface area contributed by atoms with Crippen molar-refractivity contribution in [3.63, 3.8) is 0 Å². The Hall–Kier alpha value is -2.88. The second-order valence-corrected chi connectivity index (χ2v) is 6.58. The van der Waals surface area contributed by atoms with Crippen LogP contribution >= 0.6 is 0 Å². The molecule has 3 N–H and O–H groups in total. The lowest BCUT2D eigenvalue weighted by atomic mass is 10.1. The number of rotatable bonds is 6. The Morgan fingerprint density at radius 2 is 1.97 bits per heavy atom. The Balaban J connectivity index is 0.000000370. The molecule has 0 saturated carbocycles. The van der Waals surface area contributed by atoms with Gasteiger partial charge in [0.1, 0.15) is 0 Å². The molecular weight excluding hydrogens is 389 g/mol. The van der Waals surface area contributed by atoms with Crippen LogP contribution in [-0.2, 0) is 22.6 Å². The molecule has 2 heterocycles. The number of anilines is 1. The third kappa shape index (κ3) is 8.34.